The first-order valence-electron chi connectivity index (χ1n) is 5.70. The number of esters is 1. The van der Waals surface area contributed by atoms with Gasteiger partial charge in [0.15, 0.2) is 6.29 Å². The van der Waals surface area contributed by atoms with Gasteiger partial charge in [-0.3, -0.25) is 4.79 Å². The number of methoxy groups -OCH3 is 1. The maximum atomic E-state index is 11.3. The Morgan fingerprint density at radius 2 is 1.84 bits per heavy atom. The summed E-state index contributed by atoms with van der Waals surface area (Å²) >= 11 is 0. The van der Waals surface area contributed by atoms with Crippen molar-refractivity contribution >= 4 is 20.7 Å². The number of fused-ring (bicyclic) bond motifs is 3. The van der Waals surface area contributed by atoms with E-state index in [-0.39, 0.29) is 18.2 Å². The zero-order valence-electron chi connectivity index (χ0n) is 10.0. The smallest absolute Gasteiger partial charge is 0.363 e. The fraction of sp³-hybridized carbons (Fsp3) is 0.800. The second-order valence-electron chi connectivity index (χ2n) is 4.30. The number of hydrogen-bond acceptors (Lipinski definition) is 8. The normalized spacial score (nSPS) is 44.5. The third kappa shape index (κ3) is 2.29. The van der Waals surface area contributed by atoms with Crippen LogP contribution in [0.15, 0.2) is 0 Å². The van der Waals surface area contributed by atoms with Crippen molar-refractivity contribution in [1.29, 1.82) is 0 Å². The molecule has 106 valence electrons. The van der Waals surface area contributed by atoms with Crippen LogP contribution in [0.4, 0.5) is 0 Å². The molecular formula is C10H13O8P. The number of ether oxygens (including phenoxy) is 6. The van der Waals surface area contributed by atoms with Crippen molar-refractivity contribution in [2.24, 2.45) is 0 Å². The van der Waals surface area contributed by atoms with Crippen LogP contribution in [0, 0.1) is 0 Å². The van der Waals surface area contributed by atoms with Gasteiger partial charge in [-0.05, 0) is 0 Å². The summed E-state index contributed by atoms with van der Waals surface area (Å²) in [6.07, 6.45) is -4.28. The van der Waals surface area contributed by atoms with E-state index in [1.165, 1.54) is 7.11 Å². The first kappa shape index (κ1) is 13.4. The maximum absolute atomic E-state index is 11.3. The van der Waals surface area contributed by atoms with Gasteiger partial charge < -0.3 is 28.4 Å². The minimum atomic E-state index is -1.13. The van der Waals surface area contributed by atoms with Crippen LogP contribution in [0.1, 0.15) is 0 Å². The number of carbonyl (C=O) groups excluding carboxylic acids is 2. The minimum absolute atomic E-state index is 0.206. The van der Waals surface area contributed by atoms with Crippen LogP contribution in [0.25, 0.3) is 0 Å². The van der Waals surface area contributed by atoms with Crippen molar-refractivity contribution in [1.82, 2.24) is 0 Å². The van der Waals surface area contributed by atoms with Gasteiger partial charge in [0, 0.05) is 0 Å². The van der Waals surface area contributed by atoms with E-state index in [0.717, 1.165) is 0 Å². The molecule has 3 heterocycles. The van der Waals surface area contributed by atoms with Gasteiger partial charge in [-0.1, -0.05) is 9.24 Å². The second kappa shape index (κ2) is 5.05. The molecular weight excluding hydrogens is 279 g/mol. The number of hydrogen-bond donors (Lipinski definition) is 0. The van der Waals surface area contributed by atoms with Crippen LogP contribution in [0.3, 0.4) is 0 Å². The molecule has 0 aromatic rings. The molecule has 0 aromatic heterocycles. The summed E-state index contributed by atoms with van der Waals surface area (Å²) in [5, 5.41) is 0. The van der Waals surface area contributed by atoms with Crippen LogP contribution in [0.5, 0.6) is 0 Å². The van der Waals surface area contributed by atoms with E-state index in [1.54, 1.807) is 0 Å². The van der Waals surface area contributed by atoms with E-state index in [9.17, 15) is 9.59 Å². The van der Waals surface area contributed by atoms with Crippen molar-refractivity contribution < 1.29 is 38.0 Å². The topological polar surface area (TPSA) is 89.5 Å². The number of carbonyl (C=O) groups is 2. The molecule has 3 aliphatic rings. The van der Waals surface area contributed by atoms with Gasteiger partial charge in [0.2, 0.25) is 11.8 Å². The van der Waals surface area contributed by atoms with Gasteiger partial charge in [0.25, 0.3) is 6.29 Å². The SMILES string of the molecule is COC(=O)C1O[C@H]2O[C@@H]3COC(C(=O)P)O[C@@H]3[C@H]2O1. The molecule has 3 fully saturated rings. The summed E-state index contributed by atoms with van der Waals surface area (Å²) in [4.78, 5) is 22.6. The summed E-state index contributed by atoms with van der Waals surface area (Å²) in [5.74, 6) is -0.639. The van der Waals surface area contributed by atoms with Crippen LogP contribution in [0.2, 0.25) is 0 Å². The van der Waals surface area contributed by atoms with Crippen molar-refractivity contribution in [3.05, 3.63) is 0 Å². The lowest BCUT2D eigenvalue weighted by Gasteiger charge is -2.31. The van der Waals surface area contributed by atoms with Crippen molar-refractivity contribution in [2.75, 3.05) is 13.7 Å². The molecule has 0 bridgehead atoms. The molecule has 9 heteroatoms. The summed E-state index contributed by atoms with van der Waals surface area (Å²) in [5.41, 5.74) is -0.315. The molecule has 3 saturated heterocycles. The van der Waals surface area contributed by atoms with Gasteiger partial charge in [0.1, 0.15) is 18.3 Å². The zero-order chi connectivity index (χ0) is 13.6. The van der Waals surface area contributed by atoms with E-state index in [2.05, 4.69) is 4.74 Å². The van der Waals surface area contributed by atoms with Gasteiger partial charge in [-0.15, -0.1) is 0 Å². The maximum Gasteiger partial charge on any atom is 0.363 e. The van der Waals surface area contributed by atoms with E-state index in [4.69, 9.17) is 23.7 Å². The Hall–Kier alpha value is -0.630. The molecule has 19 heavy (non-hydrogen) atoms. The third-order valence-corrected chi connectivity index (χ3v) is 3.40. The Morgan fingerprint density at radius 3 is 2.53 bits per heavy atom. The van der Waals surface area contributed by atoms with Gasteiger partial charge in [-0.25, -0.2) is 4.79 Å². The highest BCUT2D eigenvalue weighted by Gasteiger charge is 2.57. The van der Waals surface area contributed by atoms with E-state index in [1.807, 2.05) is 9.24 Å². The van der Waals surface area contributed by atoms with Crippen LogP contribution >= 0.6 is 9.24 Å². The first-order valence-corrected chi connectivity index (χ1v) is 6.28. The minimum Gasteiger partial charge on any atom is -0.465 e. The van der Waals surface area contributed by atoms with Crippen LogP contribution in [-0.2, 0) is 38.0 Å². The Labute approximate surface area is 110 Å². The van der Waals surface area contributed by atoms with Crippen molar-refractivity contribution in [2.45, 2.75) is 37.2 Å². The molecule has 8 nitrogen and oxygen atoms in total. The van der Waals surface area contributed by atoms with Crippen LogP contribution in [-0.4, -0.2) is 62.4 Å². The molecule has 0 saturated carbocycles. The fourth-order valence-corrected chi connectivity index (χ4v) is 2.44. The molecule has 3 rings (SSSR count). The fourth-order valence-electron chi connectivity index (χ4n) is 2.26. The predicted molar refractivity (Wildman–Crippen MR) is 59.8 cm³/mol. The molecule has 3 aliphatic heterocycles. The Morgan fingerprint density at radius 1 is 1.11 bits per heavy atom. The Bertz CT molecular complexity index is 401. The molecule has 0 spiro atoms. The highest BCUT2D eigenvalue weighted by Crippen LogP contribution is 2.37. The van der Waals surface area contributed by atoms with Crippen molar-refractivity contribution in [3.8, 4) is 0 Å². The summed E-state index contributed by atoms with van der Waals surface area (Å²) in [6.45, 7) is 0.206. The molecule has 0 amide bonds. The first-order chi connectivity index (χ1) is 9.10. The Balaban J connectivity index is 1.69. The molecule has 0 aliphatic carbocycles. The molecule has 0 radical (unpaired) electrons. The van der Waals surface area contributed by atoms with Gasteiger partial charge >= 0.3 is 5.97 Å². The standard InChI is InChI=1S/C10H13O8P/c1-13-6(11)9-17-5-4-3(15-8(5)18-9)2-14-10(16-4)7(12)19/h3-5,8-10H,2,19H2,1H3/t3-,4+,5-,8-,9?,10?/m1/s1. The van der Waals surface area contributed by atoms with E-state index in [0.29, 0.717) is 0 Å². The second-order valence-corrected chi connectivity index (χ2v) is 4.87. The van der Waals surface area contributed by atoms with E-state index < -0.39 is 37.0 Å². The number of rotatable bonds is 2. The lowest BCUT2D eigenvalue weighted by Crippen LogP contribution is -2.48. The quantitative estimate of drug-likeness (QED) is 0.461. The predicted octanol–water partition coefficient (Wildman–Crippen LogP) is -1.23. The lowest BCUT2D eigenvalue weighted by atomic mass is 10.1. The van der Waals surface area contributed by atoms with Crippen LogP contribution < -0.4 is 0 Å². The Kier molecular flexibility index (Phi) is 3.55. The molecule has 7 atom stereocenters. The van der Waals surface area contributed by atoms with Crippen molar-refractivity contribution in [3.63, 3.8) is 0 Å². The van der Waals surface area contributed by atoms with Gasteiger partial charge in [-0.2, -0.15) is 0 Å². The zero-order valence-corrected chi connectivity index (χ0v) is 11.2. The largest absolute Gasteiger partial charge is 0.465 e. The van der Waals surface area contributed by atoms with E-state index >= 15 is 0 Å². The average Bonchev–Trinajstić information content (AvgIpc) is 2.94. The van der Waals surface area contributed by atoms with Gasteiger partial charge in [0.05, 0.1) is 13.7 Å². The molecule has 0 aromatic carbocycles. The third-order valence-electron chi connectivity index (χ3n) is 3.12. The highest BCUT2D eigenvalue weighted by atomic mass is 31.0. The highest BCUT2D eigenvalue weighted by molar-refractivity contribution is 7.40. The average molecular weight is 292 g/mol. The monoisotopic (exact) mass is 292 g/mol. The molecule has 0 N–H and O–H groups in total. The summed E-state index contributed by atoms with van der Waals surface area (Å²) in [6, 6.07) is 0. The molecule has 3 unspecified atom stereocenters. The summed E-state index contributed by atoms with van der Waals surface area (Å²) in [7, 11) is 3.24. The lowest BCUT2D eigenvalue weighted by molar-refractivity contribution is -0.258. The summed E-state index contributed by atoms with van der Waals surface area (Å²) < 4.78 is 31.4.